The van der Waals surface area contributed by atoms with Gasteiger partial charge in [-0.15, -0.1) is 0 Å². The van der Waals surface area contributed by atoms with Crippen molar-refractivity contribution in [3.05, 3.63) is 63.7 Å². The van der Waals surface area contributed by atoms with Gasteiger partial charge in [0.15, 0.2) is 0 Å². The maximum absolute atomic E-state index is 10.7. The van der Waals surface area contributed by atoms with E-state index in [9.17, 15) is 10.1 Å². The average molecular weight is 286 g/mol. The van der Waals surface area contributed by atoms with E-state index in [2.05, 4.69) is 13.8 Å². The van der Waals surface area contributed by atoms with E-state index in [4.69, 9.17) is 10.5 Å². The summed E-state index contributed by atoms with van der Waals surface area (Å²) in [6.45, 7) is 4.59. The van der Waals surface area contributed by atoms with Crippen molar-refractivity contribution in [2.75, 3.05) is 5.73 Å². The van der Waals surface area contributed by atoms with Gasteiger partial charge in [-0.05, 0) is 41.3 Å². The third-order valence-corrected chi connectivity index (χ3v) is 3.24. The van der Waals surface area contributed by atoms with Crippen LogP contribution in [0.3, 0.4) is 0 Å². The summed E-state index contributed by atoms with van der Waals surface area (Å²) in [4.78, 5) is 10.2. The summed E-state index contributed by atoms with van der Waals surface area (Å²) in [6, 6.07) is 12.5. The molecule has 0 radical (unpaired) electrons. The smallest absolute Gasteiger partial charge is 0.292 e. The first-order valence-corrected chi connectivity index (χ1v) is 6.73. The van der Waals surface area contributed by atoms with Crippen molar-refractivity contribution >= 4 is 11.4 Å². The molecular weight excluding hydrogens is 268 g/mol. The highest BCUT2D eigenvalue weighted by Crippen LogP contribution is 2.23. The molecule has 5 nitrogen and oxygen atoms in total. The van der Waals surface area contributed by atoms with Gasteiger partial charge in [-0.2, -0.15) is 0 Å². The lowest BCUT2D eigenvalue weighted by Gasteiger charge is -2.09. The van der Waals surface area contributed by atoms with Gasteiger partial charge in [0.05, 0.1) is 4.92 Å². The summed E-state index contributed by atoms with van der Waals surface area (Å²) in [5.74, 6) is 1.24. The van der Waals surface area contributed by atoms with Gasteiger partial charge >= 0.3 is 0 Å². The highest BCUT2D eigenvalue weighted by atomic mass is 16.6. The van der Waals surface area contributed by atoms with Crippen molar-refractivity contribution in [2.24, 2.45) is 0 Å². The molecule has 0 aliphatic rings. The summed E-state index contributed by atoms with van der Waals surface area (Å²) in [5, 5.41) is 10.7. The van der Waals surface area contributed by atoms with Crippen LogP contribution in [0.4, 0.5) is 11.4 Å². The molecule has 2 aromatic carbocycles. The molecule has 0 amide bonds. The Morgan fingerprint density at radius 3 is 2.38 bits per heavy atom. The normalized spacial score (nSPS) is 10.6. The largest absolute Gasteiger partial charge is 0.489 e. The third kappa shape index (κ3) is 3.72. The van der Waals surface area contributed by atoms with Crippen LogP contribution in [0.2, 0.25) is 0 Å². The topological polar surface area (TPSA) is 78.4 Å². The van der Waals surface area contributed by atoms with Gasteiger partial charge in [-0.1, -0.05) is 26.0 Å². The minimum absolute atomic E-state index is 0.0833. The fourth-order valence-electron chi connectivity index (χ4n) is 1.98. The monoisotopic (exact) mass is 286 g/mol. The minimum atomic E-state index is -0.495. The quantitative estimate of drug-likeness (QED) is 0.514. The van der Waals surface area contributed by atoms with E-state index in [1.165, 1.54) is 11.6 Å². The van der Waals surface area contributed by atoms with Crippen molar-refractivity contribution in [3.63, 3.8) is 0 Å². The van der Waals surface area contributed by atoms with Crippen LogP contribution in [0, 0.1) is 10.1 Å². The number of anilines is 1. The van der Waals surface area contributed by atoms with Crippen LogP contribution >= 0.6 is 0 Å². The Balaban J connectivity index is 2.03. The SMILES string of the molecule is CC(C)c1ccc(OCc2ccc([N+](=O)[O-])c(N)c2)cc1. The second-order valence-electron chi connectivity index (χ2n) is 5.16. The fourth-order valence-corrected chi connectivity index (χ4v) is 1.98. The molecule has 2 N–H and O–H groups in total. The molecule has 5 heteroatoms. The van der Waals surface area contributed by atoms with Gasteiger partial charge in [0.2, 0.25) is 0 Å². The fraction of sp³-hybridized carbons (Fsp3) is 0.250. The Bertz CT molecular complexity index is 636. The predicted molar refractivity (Wildman–Crippen MR) is 82.4 cm³/mol. The van der Waals surface area contributed by atoms with Crippen molar-refractivity contribution < 1.29 is 9.66 Å². The number of ether oxygens (including phenoxy) is 1. The number of rotatable bonds is 5. The number of benzene rings is 2. The molecule has 110 valence electrons. The summed E-state index contributed by atoms with van der Waals surface area (Å²) >= 11 is 0. The number of nitro benzene ring substituents is 1. The molecule has 0 unspecified atom stereocenters. The number of nitrogen functional groups attached to an aromatic ring is 1. The molecule has 0 aliphatic carbocycles. The van der Waals surface area contributed by atoms with E-state index >= 15 is 0 Å². The molecule has 21 heavy (non-hydrogen) atoms. The van der Waals surface area contributed by atoms with E-state index in [0.29, 0.717) is 12.5 Å². The highest BCUT2D eigenvalue weighted by Gasteiger charge is 2.11. The Kier molecular flexibility index (Phi) is 4.42. The molecule has 0 fully saturated rings. The summed E-state index contributed by atoms with van der Waals surface area (Å²) in [6.07, 6.45) is 0. The molecule has 0 heterocycles. The lowest BCUT2D eigenvalue weighted by atomic mass is 10.0. The summed E-state index contributed by atoms with van der Waals surface area (Å²) in [7, 11) is 0. The van der Waals surface area contributed by atoms with Crippen molar-refractivity contribution in [1.29, 1.82) is 0 Å². The van der Waals surface area contributed by atoms with Crippen molar-refractivity contribution in [2.45, 2.75) is 26.4 Å². The number of nitro groups is 1. The van der Waals surface area contributed by atoms with Crippen LogP contribution in [0.5, 0.6) is 5.75 Å². The molecule has 0 spiro atoms. The molecule has 2 rings (SSSR count). The van der Waals surface area contributed by atoms with Crippen LogP contribution in [-0.4, -0.2) is 4.92 Å². The zero-order chi connectivity index (χ0) is 15.4. The maximum atomic E-state index is 10.7. The van der Waals surface area contributed by atoms with Crippen LogP contribution in [0.25, 0.3) is 0 Å². The van der Waals surface area contributed by atoms with Gasteiger partial charge < -0.3 is 10.5 Å². The highest BCUT2D eigenvalue weighted by molar-refractivity contribution is 5.59. The molecular formula is C16H18N2O3. The van der Waals surface area contributed by atoms with Crippen LogP contribution in [-0.2, 0) is 6.61 Å². The number of nitrogens with zero attached hydrogens (tertiary/aromatic N) is 1. The first-order chi connectivity index (χ1) is 9.97. The third-order valence-electron chi connectivity index (χ3n) is 3.24. The average Bonchev–Trinajstić information content (AvgIpc) is 2.45. The molecule has 0 saturated heterocycles. The molecule has 0 aliphatic heterocycles. The van der Waals surface area contributed by atoms with Crippen LogP contribution in [0.1, 0.15) is 30.9 Å². The number of hydrogen-bond acceptors (Lipinski definition) is 4. The summed E-state index contributed by atoms with van der Waals surface area (Å²) < 4.78 is 5.66. The van der Waals surface area contributed by atoms with E-state index in [0.717, 1.165) is 11.3 Å². The lowest BCUT2D eigenvalue weighted by molar-refractivity contribution is -0.383. The van der Waals surface area contributed by atoms with Crippen molar-refractivity contribution in [1.82, 2.24) is 0 Å². The Labute approximate surface area is 123 Å². The molecule has 0 bridgehead atoms. The molecule has 0 saturated carbocycles. The van der Waals surface area contributed by atoms with Gasteiger partial charge in [-0.25, -0.2) is 0 Å². The zero-order valence-electron chi connectivity index (χ0n) is 12.1. The van der Waals surface area contributed by atoms with Gasteiger partial charge in [0.1, 0.15) is 18.0 Å². The number of hydrogen-bond donors (Lipinski definition) is 1. The minimum Gasteiger partial charge on any atom is -0.489 e. The Morgan fingerprint density at radius 2 is 1.86 bits per heavy atom. The zero-order valence-corrected chi connectivity index (χ0v) is 12.1. The number of nitrogens with two attached hydrogens (primary N) is 1. The summed E-state index contributed by atoms with van der Waals surface area (Å²) in [5.41, 5.74) is 7.76. The molecule has 0 atom stereocenters. The Morgan fingerprint density at radius 1 is 1.19 bits per heavy atom. The van der Waals surface area contributed by atoms with Crippen LogP contribution < -0.4 is 10.5 Å². The van der Waals surface area contributed by atoms with E-state index in [1.54, 1.807) is 12.1 Å². The van der Waals surface area contributed by atoms with Gasteiger partial charge in [-0.3, -0.25) is 10.1 Å². The first-order valence-electron chi connectivity index (χ1n) is 6.73. The maximum Gasteiger partial charge on any atom is 0.292 e. The van der Waals surface area contributed by atoms with E-state index in [-0.39, 0.29) is 11.4 Å². The van der Waals surface area contributed by atoms with Gasteiger partial charge in [0, 0.05) is 6.07 Å². The second kappa shape index (κ2) is 6.26. The standard InChI is InChI=1S/C16H18N2O3/c1-11(2)13-4-6-14(7-5-13)21-10-12-3-8-16(18(19)20)15(17)9-12/h3-9,11H,10,17H2,1-2H3. The molecule has 0 aromatic heterocycles. The van der Waals surface area contributed by atoms with E-state index in [1.807, 2.05) is 24.3 Å². The van der Waals surface area contributed by atoms with Crippen LogP contribution in [0.15, 0.2) is 42.5 Å². The first kappa shape index (κ1) is 14.8. The molecule has 2 aromatic rings. The second-order valence-corrected chi connectivity index (χ2v) is 5.16. The lowest BCUT2D eigenvalue weighted by Crippen LogP contribution is -2.00. The van der Waals surface area contributed by atoms with E-state index < -0.39 is 4.92 Å². The van der Waals surface area contributed by atoms with Crippen molar-refractivity contribution in [3.8, 4) is 5.75 Å². The Hall–Kier alpha value is -2.56. The predicted octanol–water partition coefficient (Wildman–Crippen LogP) is 3.88. The van der Waals surface area contributed by atoms with Gasteiger partial charge in [0.25, 0.3) is 5.69 Å².